The van der Waals surface area contributed by atoms with Crippen molar-refractivity contribution in [3.63, 3.8) is 0 Å². The number of aromatic nitrogens is 4. The van der Waals surface area contributed by atoms with Gasteiger partial charge in [0, 0.05) is 43.2 Å². The van der Waals surface area contributed by atoms with E-state index in [-0.39, 0.29) is 11.7 Å². The molecule has 7 heteroatoms. The number of nitrogens with one attached hydrogen (secondary N) is 1. The van der Waals surface area contributed by atoms with E-state index in [4.69, 9.17) is 9.72 Å². The summed E-state index contributed by atoms with van der Waals surface area (Å²) in [6.45, 7) is 0.783. The van der Waals surface area contributed by atoms with Crippen LogP contribution in [0.15, 0.2) is 59.0 Å². The van der Waals surface area contributed by atoms with Crippen LogP contribution in [0.1, 0.15) is 35.2 Å². The number of thioether (sulfide) groups is 1. The van der Waals surface area contributed by atoms with Gasteiger partial charge in [-0.25, -0.2) is 15.0 Å². The molecule has 28 heavy (non-hydrogen) atoms. The molecular weight excluding hydrogens is 372 g/mol. The lowest BCUT2D eigenvalue weighted by atomic mass is 10.0. The summed E-state index contributed by atoms with van der Waals surface area (Å²) >= 11 is 1.54. The molecule has 4 rings (SSSR count). The molecule has 0 aliphatic carbocycles. The quantitative estimate of drug-likeness (QED) is 0.490. The van der Waals surface area contributed by atoms with E-state index in [1.807, 2.05) is 18.2 Å². The average molecular weight is 395 g/mol. The molecule has 0 amide bonds. The van der Waals surface area contributed by atoms with Crippen LogP contribution < -0.4 is 5.56 Å². The van der Waals surface area contributed by atoms with Crippen molar-refractivity contribution in [3.8, 4) is 0 Å². The van der Waals surface area contributed by atoms with Crippen molar-refractivity contribution < 1.29 is 4.74 Å². The molecule has 6 nitrogen and oxygen atoms in total. The summed E-state index contributed by atoms with van der Waals surface area (Å²) in [7, 11) is 0. The molecule has 0 radical (unpaired) electrons. The first-order valence-corrected chi connectivity index (χ1v) is 10.4. The molecule has 1 atom stereocenters. The summed E-state index contributed by atoms with van der Waals surface area (Å²) in [6.07, 6.45) is 8.29. The Labute approximate surface area is 167 Å². The van der Waals surface area contributed by atoms with E-state index in [0.29, 0.717) is 23.6 Å². The van der Waals surface area contributed by atoms with Crippen molar-refractivity contribution in [2.75, 3.05) is 6.61 Å². The van der Waals surface area contributed by atoms with Crippen molar-refractivity contribution in [3.05, 3.63) is 81.8 Å². The summed E-state index contributed by atoms with van der Waals surface area (Å²) in [6, 6.07) is 10.2. The molecule has 0 saturated carbocycles. The van der Waals surface area contributed by atoms with E-state index >= 15 is 0 Å². The first-order chi connectivity index (χ1) is 13.8. The van der Waals surface area contributed by atoms with Gasteiger partial charge in [-0.3, -0.25) is 4.79 Å². The third kappa shape index (κ3) is 4.85. The summed E-state index contributed by atoms with van der Waals surface area (Å²) in [4.78, 5) is 28.7. The van der Waals surface area contributed by atoms with Gasteiger partial charge in [-0.05, 0) is 24.0 Å². The predicted octanol–water partition coefficient (Wildman–Crippen LogP) is 3.16. The van der Waals surface area contributed by atoms with Crippen molar-refractivity contribution in [2.45, 2.75) is 42.7 Å². The Kier molecular flexibility index (Phi) is 6.14. The van der Waals surface area contributed by atoms with Crippen molar-refractivity contribution in [1.82, 2.24) is 19.9 Å². The number of ether oxygens (including phenoxy) is 1. The van der Waals surface area contributed by atoms with E-state index < -0.39 is 0 Å². The fraction of sp³-hybridized carbons (Fsp3) is 0.333. The maximum Gasteiger partial charge on any atom is 0.255 e. The zero-order valence-electron chi connectivity index (χ0n) is 15.5. The number of aromatic amines is 1. The molecule has 2 aromatic heterocycles. The van der Waals surface area contributed by atoms with Crippen LogP contribution >= 0.6 is 11.8 Å². The Morgan fingerprint density at radius 1 is 1.14 bits per heavy atom. The molecule has 1 saturated heterocycles. The molecular formula is C21H22N4O2S. The maximum absolute atomic E-state index is 12.9. The highest BCUT2D eigenvalue weighted by molar-refractivity contribution is 7.98. The van der Waals surface area contributed by atoms with Crippen molar-refractivity contribution in [1.29, 1.82) is 0 Å². The highest BCUT2D eigenvalue weighted by Crippen LogP contribution is 2.22. The highest BCUT2D eigenvalue weighted by Gasteiger charge is 2.21. The third-order valence-corrected chi connectivity index (χ3v) is 5.68. The Morgan fingerprint density at radius 3 is 2.71 bits per heavy atom. The van der Waals surface area contributed by atoms with Crippen molar-refractivity contribution in [2.24, 2.45) is 0 Å². The Hall–Kier alpha value is -2.51. The fourth-order valence-corrected chi connectivity index (χ4v) is 4.15. The molecule has 3 aromatic rings. The van der Waals surface area contributed by atoms with Gasteiger partial charge in [-0.15, -0.1) is 0 Å². The molecule has 0 bridgehead atoms. The topological polar surface area (TPSA) is 80.8 Å². The second-order valence-corrected chi connectivity index (χ2v) is 7.80. The van der Waals surface area contributed by atoms with E-state index in [2.05, 4.69) is 27.1 Å². The van der Waals surface area contributed by atoms with Crippen LogP contribution in [0.2, 0.25) is 0 Å². The fourth-order valence-electron chi connectivity index (χ4n) is 3.31. The zero-order valence-corrected chi connectivity index (χ0v) is 16.3. The monoisotopic (exact) mass is 394 g/mol. The predicted molar refractivity (Wildman–Crippen MR) is 108 cm³/mol. The summed E-state index contributed by atoms with van der Waals surface area (Å²) in [5.41, 5.74) is 3.49. The highest BCUT2D eigenvalue weighted by atomic mass is 32.2. The second kappa shape index (κ2) is 9.12. The van der Waals surface area contributed by atoms with Gasteiger partial charge in [0.05, 0.1) is 11.8 Å². The van der Waals surface area contributed by atoms with Gasteiger partial charge in [0.15, 0.2) is 5.16 Å². The SMILES string of the molecule is O=c1[nH]c(SCc2ccccc2)nc(C[C@@H]2CCCO2)c1Cc1cncnc1. The van der Waals surface area contributed by atoms with E-state index in [9.17, 15) is 4.79 Å². The van der Waals surface area contributed by atoms with E-state index in [1.165, 1.54) is 11.9 Å². The number of hydrogen-bond acceptors (Lipinski definition) is 6. The molecule has 0 spiro atoms. The lowest BCUT2D eigenvalue weighted by Gasteiger charge is -2.13. The van der Waals surface area contributed by atoms with Gasteiger partial charge < -0.3 is 9.72 Å². The number of nitrogens with zero attached hydrogens (tertiary/aromatic N) is 3. The normalized spacial score (nSPS) is 16.4. The molecule has 1 fully saturated rings. The van der Waals surface area contributed by atoms with Crippen LogP contribution in [0.25, 0.3) is 0 Å². The van der Waals surface area contributed by atoms with Gasteiger partial charge in [0.25, 0.3) is 5.56 Å². The molecule has 1 N–H and O–H groups in total. The smallest absolute Gasteiger partial charge is 0.255 e. The lowest BCUT2D eigenvalue weighted by Crippen LogP contribution is -2.22. The van der Waals surface area contributed by atoms with Gasteiger partial charge in [-0.1, -0.05) is 42.1 Å². The first kappa shape index (κ1) is 18.8. The zero-order chi connectivity index (χ0) is 19.2. The number of hydrogen-bond donors (Lipinski definition) is 1. The largest absolute Gasteiger partial charge is 0.378 e. The van der Waals surface area contributed by atoms with Crippen LogP contribution in [0, 0.1) is 0 Å². The average Bonchev–Trinajstić information content (AvgIpc) is 3.24. The summed E-state index contributed by atoms with van der Waals surface area (Å²) in [5, 5.41) is 0.648. The first-order valence-electron chi connectivity index (χ1n) is 9.42. The van der Waals surface area contributed by atoms with Crippen LogP contribution in [0.5, 0.6) is 0 Å². The summed E-state index contributed by atoms with van der Waals surface area (Å²) < 4.78 is 5.79. The third-order valence-electron chi connectivity index (χ3n) is 4.74. The van der Waals surface area contributed by atoms with Gasteiger partial charge in [-0.2, -0.15) is 0 Å². The molecule has 144 valence electrons. The number of H-pyrrole nitrogens is 1. The van der Waals surface area contributed by atoms with Gasteiger partial charge in [0.2, 0.25) is 0 Å². The maximum atomic E-state index is 12.9. The lowest BCUT2D eigenvalue weighted by molar-refractivity contribution is 0.110. The summed E-state index contributed by atoms with van der Waals surface area (Å²) in [5.74, 6) is 0.759. The Bertz CT molecular complexity index is 957. The van der Waals surface area contributed by atoms with Gasteiger partial charge >= 0.3 is 0 Å². The van der Waals surface area contributed by atoms with E-state index in [1.54, 1.807) is 24.2 Å². The molecule has 1 aliphatic rings. The van der Waals surface area contributed by atoms with Gasteiger partial charge in [0.1, 0.15) is 6.33 Å². The minimum atomic E-state index is -0.0950. The Balaban J connectivity index is 1.59. The van der Waals surface area contributed by atoms with Crippen LogP contribution in [0.3, 0.4) is 0 Å². The molecule has 1 aromatic carbocycles. The van der Waals surface area contributed by atoms with Crippen LogP contribution in [0.4, 0.5) is 0 Å². The van der Waals surface area contributed by atoms with Crippen LogP contribution in [-0.4, -0.2) is 32.6 Å². The van der Waals surface area contributed by atoms with Crippen LogP contribution in [-0.2, 0) is 23.3 Å². The molecule has 1 aliphatic heterocycles. The standard InChI is InChI=1S/C21H22N4O2S/c26-20-18(9-16-11-22-14-23-12-16)19(10-17-7-4-8-27-17)24-21(25-20)28-13-15-5-2-1-3-6-15/h1-3,5-6,11-12,14,17H,4,7-10,13H2,(H,24,25,26)/t17-/m0/s1. The van der Waals surface area contributed by atoms with E-state index in [0.717, 1.165) is 36.5 Å². The van der Waals surface area contributed by atoms with Crippen molar-refractivity contribution >= 4 is 11.8 Å². The number of rotatable bonds is 7. The number of benzene rings is 1. The second-order valence-electron chi connectivity index (χ2n) is 6.83. The minimum Gasteiger partial charge on any atom is -0.378 e. The Morgan fingerprint density at radius 2 is 1.96 bits per heavy atom. The minimum absolute atomic E-state index is 0.0950. The molecule has 3 heterocycles. The molecule has 0 unspecified atom stereocenters.